The lowest BCUT2D eigenvalue weighted by atomic mass is 10.2. The molecule has 0 spiro atoms. The predicted octanol–water partition coefficient (Wildman–Crippen LogP) is 3.87. The van der Waals surface area contributed by atoms with Crippen molar-refractivity contribution in [1.82, 2.24) is 19.5 Å². The van der Waals surface area contributed by atoms with Crippen LogP contribution in [0.3, 0.4) is 0 Å². The van der Waals surface area contributed by atoms with Crippen LogP contribution in [0, 0.1) is 0 Å². The Balaban J connectivity index is 1.19. The van der Waals surface area contributed by atoms with Crippen LogP contribution in [-0.4, -0.2) is 59.8 Å². The first-order valence-electron chi connectivity index (χ1n) is 10.7. The summed E-state index contributed by atoms with van der Waals surface area (Å²) in [7, 11) is -1.88. The van der Waals surface area contributed by atoms with E-state index in [0.717, 1.165) is 40.6 Å². The third-order valence-electron chi connectivity index (χ3n) is 5.38. The standard InChI is InChI=1S/C22H21N5O5S3/c1-31-15-6-9-17-18(12-15)34-21(23-17)24-19(28)13-33-22-26-25-20(32-22)14-4-7-16(8-5-14)35(29,30)27-10-2-3-11-27/h4-9,12H,2-3,10-11,13H2,1H3,(H,23,24,28). The quantitative estimate of drug-likeness (QED) is 0.337. The molecule has 1 N–H and O–H groups in total. The normalized spacial score (nSPS) is 14.4. The Morgan fingerprint density at radius 2 is 1.94 bits per heavy atom. The van der Waals surface area contributed by atoms with Gasteiger partial charge in [0.1, 0.15) is 5.75 Å². The lowest BCUT2D eigenvalue weighted by Gasteiger charge is -2.15. The van der Waals surface area contributed by atoms with Gasteiger partial charge in [-0.3, -0.25) is 4.79 Å². The maximum absolute atomic E-state index is 12.7. The summed E-state index contributed by atoms with van der Waals surface area (Å²) < 4.78 is 38.6. The van der Waals surface area contributed by atoms with Gasteiger partial charge in [0.25, 0.3) is 5.22 Å². The van der Waals surface area contributed by atoms with Crippen molar-refractivity contribution in [1.29, 1.82) is 0 Å². The molecule has 0 saturated carbocycles. The van der Waals surface area contributed by atoms with Crippen LogP contribution < -0.4 is 10.1 Å². The second-order valence-electron chi connectivity index (χ2n) is 7.70. The molecule has 1 aliphatic heterocycles. The number of hydrogen-bond acceptors (Lipinski definition) is 10. The molecule has 5 rings (SSSR count). The molecule has 3 heterocycles. The van der Waals surface area contributed by atoms with E-state index < -0.39 is 10.0 Å². The van der Waals surface area contributed by atoms with Gasteiger partial charge in [-0.2, -0.15) is 4.31 Å². The Kier molecular flexibility index (Phi) is 6.73. The van der Waals surface area contributed by atoms with Crippen molar-refractivity contribution >= 4 is 54.4 Å². The highest BCUT2D eigenvalue weighted by molar-refractivity contribution is 7.99. The van der Waals surface area contributed by atoms with E-state index in [-0.39, 0.29) is 27.7 Å². The number of fused-ring (bicyclic) bond motifs is 1. The van der Waals surface area contributed by atoms with E-state index in [1.165, 1.54) is 15.6 Å². The molecule has 0 bridgehead atoms. The predicted molar refractivity (Wildman–Crippen MR) is 133 cm³/mol. The lowest BCUT2D eigenvalue weighted by Crippen LogP contribution is -2.27. The molecule has 1 aliphatic rings. The summed E-state index contributed by atoms with van der Waals surface area (Å²) in [5.74, 6) is 0.786. The van der Waals surface area contributed by atoms with Gasteiger partial charge in [0, 0.05) is 18.7 Å². The molecule has 1 amide bonds. The molecule has 0 aliphatic carbocycles. The number of hydrogen-bond donors (Lipinski definition) is 1. The molecule has 0 radical (unpaired) electrons. The first kappa shape index (κ1) is 23.7. The number of rotatable bonds is 8. The summed E-state index contributed by atoms with van der Waals surface area (Å²) >= 11 is 2.46. The van der Waals surface area contributed by atoms with Gasteiger partial charge in [-0.1, -0.05) is 23.1 Å². The van der Waals surface area contributed by atoms with Gasteiger partial charge in [0.15, 0.2) is 5.13 Å². The average Bonchev–Trinajstić information content (AvgIpc) is 3.63. The number of amides is 1. The van der Waals surface area contributed by atoms with E-state index in [1.54, 1.807) is 31.4 Å². The number of benzene rings is 2. The van der Waals surface area contributed by atoms with Crippen molar-refractivity contribution in [3.05, 3.63) is 42.5 Å². The van der Waals surface area contributed by atoms with Crippen molar-refractivity contribution in [2.45, 2.75) is 23.0 Å². The van der Waals surface area contributed by atoms with Gasteiger partial charge in [0.05, 0.1) is 28.0 Å². The number of carbonyl (C=O) groups is 1. The number of thioether (sulfide) groups is 1. The highest BCUT2D eigenvalue weighted by atomic mass is 32.2. The van der Waals surface area contributed by atoms with Crippen LogP contribution >= 0.6 is 23.1 Å². The van der Waals surface area contributed by atoms with Gasteiger partial charge in [0.2, 0.25) is 21.8 Å². The van der Waals surface area contributed by atoms with Crippen LogP contribution in [0.2, 0.25) is 0 Å². The highest BCUT2D eigenvalue weighted by Gasteiger charge is 2.27. The molecule has 2 aromatic carbocycles. The fourth-order valence-corrected chi connectivity index (χ4v) is 6.59. The number of carbonyl (C=O) groups excluding carboxylic acids is 1. The molecule has 1 fully saturated rings. The molecule has 1 saturated heterocycles. The lowest BCUT2D eigenvalue weighted by molar-refractivity contribution is -0.113. The van der Waals surface area contributed by atoms with Crippen molar-refractivity contribution in [2.24, 2.45) is 0 Å². The number of ether oxygens (including phenoxy) is 1. The second-order valence-corrected chi connectivity index (χ2v) is 11.6. The van der Waals surface area contributed by atoms with Crippen LogP contribution in [0.1, 0.15) is 12.8 Å². The Bertz CT molecular complexity index is 1460. The van der Waals surface area contributed by atoms with Crippen LogP contribution in [0.5, 0.6) is 5.75 Å². The second kappa shape index (κ2) is 9.93. The Morgan fingerprint density at radius 3 is 2.69 bits per heavy atom. The van der Waals surface area contributed by atoms with E-state index in [2.05, 4.69) is 20.5 Å². The van der Waals surface area contributed by atoms with Gasteiger partial charge in [-0.15, -0.1) is 10.2 Å². The Hall–Kier alpha value is -3.00. The number of thiazole rings is 1. The van der Waals surface area contributed by atoms with Crippen LogP contribution in [-0.2, 0) is 14.8 Å². The fraction of sp³-hybridized carbons (Fsp3) is 0.273. The molecular formula is C22H21N5O5S3. The minimum Gasteiger partial charge on any atom is -0.497 e. The van der Waals surface area contributed by atoms with Gasteiger partial charge < -0.3 is 14.5 Å². The Labute approximate surface area is 209 Å². The zero-order valence-electron chi connectivity index (χ0n) is 18.6. The van der Waals surface area contributed by atoms with Crippen LogP contribution in [0.15, 0.2) is 57.0 Å². The molecule has 0 atom stereocenters. The third-order valence-corrected chi connectivity index (χ3v) is 9.04. The van der Waals surface area contributed by atoms with Gasteiger partial charge >= 0.3 is 0 Å². The number of methoxy groups -OCH3 is 1. The van der Waals surface area contributed by atoms with E-state index >= 15 is 0 Å². The first-order chi connectivity index (χ1) is 16.9. The SMILES string of the molecule is COc1ccc2nc(NC(=O)CSc3nnc(-c4ccc(S(=O)(=O)N5CCCC5)cc4)o3)sc2c1. The molecule has 0 unspecified atom stereocenters. The number of sulfonamides is 1. The fourth-order valence-electron chi connectivity index (χ4n) is 3.60. The molecule has 13 heteroatoms. The summed E-state index contributed by atoms with van der Waals surface area (Å²) in [6.45, 7) is 1.10. The zero-order chi connectivity index (χ0) is 24.4. The minimum atomic E-state index is -3.48. The summed E-state index contributed by atoms with van der Waals surface area (Å²) in [6, 6.07) is 11.9. The molecule has 182 valence electrons. The monoisotopic (exact) mass is 531 g/mol. The maximum Gasteiger partial charge on any atom is 0.277 e. The van der Waals surface area contributed by atoms with Crippen molar-refractivity contribution < 1.29 is 22.4 Å². The summed E-state index contributed by atoms with van der Waals surface area (Å²) in [5.41, 5.74) is 1.37. The number of aromatic nitrogens is 3. The summed E-state index contributed by atoms with van der Waals surface area (Å²) in [5, 5.41) is 11.5. The number of nitrogens with zero attached hydrogens (tertiary/aromatic N) is 4. The highest BCUT2D eigenvalue weighted by Crippen LogP contribution is 2.30. The largest absolute Gasteiger partial charge is 0.497 e. The zero-order valence-corrected chi connectivity index (χ0v) is 21.1. The van der Waals surface area contributed by atoms with Crippen molar-refractivity contribution in [3.8, 4) is 17.2 Å². The average molecular weight is 532 g/mol. The topological polar surface area (TPSA) is 128 Å². The Morgan fingerprint density at radius 1 is 1.17 bits per heavy atom. The molecule has 2 aromatic heterocycles. The van der Waals surface area contributed by atoms with Gasteiger partial charge in [-0.25, -0.2) is 13.4 Å². The van der Waals surface area contributed by atoms with E-state index in [0.29, 0.717) is 23.8 Å². The van der Waals surface area contributed by atoms with E-state index in [9.17, 15) is 13.2 Å². The van der Waals surface area contributed by atoms with E-state index in [1.807, 2.05) is 18.2 Å². The van der Waals surface area contributed by atoms with Gasteiger partial charge in [-0.05, 0) is 55.3 Å². The smallest absolute Gasteiger partial charge is 0.277 e. The molecular weight excluding hydrogens is 510 g/mol. The van der Waals surface area contributed by atoms with E-state index in [4.69, 9.17) is 9.15 Å². The molecule has 35 heavy (non-hydrogen) atoms. The number of nitrogens with one attached hydrogen (secondary N) is 1. The van der Waals surface area contributed by atoms with Crippen LogP contribution in [0.4, 0.5) is 5.13 Å². The first-order valence-corrected chi connectivity index (χ1v) is 14.0. The van der Waals surface area contributed by atoms with Crippen molar-refractivity contribution in [2.75, 3.05) is 31.3 Å². The maximum atomic E-state index is 12.7. The third kappa shape index (κ3) is 5.17. The summed E-state index contributed by atoms with van der Waals surface area (Å²) in [6.07, 6.45) is 1.77. The number of anilines is 1. The van der Waals surface area contributed by atoms with Crippen molar-refractivity contribution in [3.63, 3.8) is 0 Å². The summed E-state index contributed by atoms with van der Waals surface area (Å²) in [4.78, 5) is 17.0. The molecule has 10 nitrogen and oxygen atoms in total. The van der Waals surface area contributed by atoms with Crippen LogP contribution in [0.25, 0.3) is 21.7 Å². The minimum absolute atomic E-state index is 0.0634. The molecule has 4 aromatic rings.